The zero-order chi connectivity index (χ0) is 18.4. The molecule has 0 spiro atoms. The number of aromatic nitrogens is 1. The monoisotopic (exact) mass is 363 g/mol. The summed E-state index contributed by atoms with van der Waals surface area (Å²) in [6, 6.07) is 15.9. The predicted octanol–water partition coefficient (Wildman–Crippen LogP) is 5.91. The van der Waals surface area contributed by atoms with E-state index >= 15 is 0 Å². The molecule has 1 aromatic heterocycles. The molecule has 2 aromatic carbocycles. The molecule has 0 aliphatic rings. The van der Waals surface area contributed by atoms with Gasteiger partial charge in [0.1, 0.15) is 10.8 Å². The van der Waals surface area contributed by atoms with Crippen molar-refractivity contribution in [3.63, 3.8) is 0 Å². The molecule has 0 N–H and O–H groups in total. The van der Waals surface area contributed by atoms with Gasteiger partial charge in [-0.05, 0) is 36.6 Å². The normalized spacial score (nSPS) is 11.0. The van der Waals surface area contributed by atoms with Gasteiger partial charge in [-0.2, -0.15) is 0 Å². The molecule has 132 valence electrons. The lowest BCUT2D eigenvalue weighted by atomic mass is 10.0. The number of ether oxygens (including phenoxy) is 1. The third-order valence-corrected chi connectivity index (χ3v) is 5.00. The van der Waals surface area contributed by atoms with E-state index in [0.717, 1.165) is 34.5 Å². The topological polar surface area (TPSA) is 39.2 Å². The molecule has 0 aliphatic heterocycles. The van der Waals surface area contributed by atoms with E-state index in [-0.39, 0.29) is 5.97 Å². The second-order valence-electron chi connectivity index (χ2n) is 5.90. The van der Waals surface area contributed by atoms with Crippen molar-refractivity contribution >= 4 is 17.3 Å². The molecule has 0 saturated carbocycles. The largest absolute Gasteiger partial charge is 0.423 e. The van der Waals surface area contributed by atoms with Crippen molar-refractivity contribution in [2.45, 2.75) is 26.7 Å². The van der Waals surface area contributed by atoms with Gasteiger partial charge in [0.05, 0.1) is 0 Å². The molecule has 0 radical (unpaired) electrons. The standard InChI is InChI=1S/C22H21NO2S/c1-3-5-20-15-23-22(26-20)18-9-7-16(8-10-18)17-11-13-19(14-12-17)25-21(24)6-4-2/h4,6-15H,3,5H2,1-2H3. The lowest BCUT2D eigenvalue weighted by molar-refractivity contribution is -0.129. The zero-order valence-electron chi connectivity index (χ0n) is 14.9. The number of thiazole rings is 1. The Morgan fingerprint density at radius 2 is 1.65 bits per heavy atom. The van der Waals surface area contributed by atoms with Crippen LogP contribution in [0.3, 0.4) is 0 Å². The Bertz CT molecular complexity index is 893. The number of hydrogen-bond donors (Lipinski definition) is 0. The highest BCUT2D eigenvalue weighted by Crippen LogP contribution is 2.29. The summed E-state index contributed by atoms with van der Waals surface area (Å²) in [7, 11) is 0. The van der Waals surface area contributed by atoms with E-state index in [2.05, 4.69) is 36.2 Å². The van der Waals surface area contributed by atoms with Crippen LogP contribution in [0.2, 0.25) is 0 Å². The van der Waals surface area contributed by atoms with Crippen LogP contribution >= 0.6 is 11.3 Å². The SMILES string of the molecule is CC=CC(=O)Oc1ccc(-c2ccc(-c3ncc(CCC)s3)cc2)cc1. The minimum absolute atomic E-state index is 0.365. The van der Waals surface area contributed by atoms with Crippen molar-refractivity contribution in [2.75, 3.05) is 0 Å². The highest BCUT2D eigenvalue weighted by atomic mass is 32.1. The number of hydrogen-bond acceptors (Lipinski definition) is 4. The van der Waals surface area contributed by atoms with Crippen LogP contribution in [0.1, 0.15) is 25.1 Å². The Kier molecular flexibility index (Phi) is 5.97. The second kappa shape index (κ2) is 8.59. The van der Waals surface area contributed by atoms with Gasteiger partial charge >= 0.3 is 5.97 Å². The number of allylic oxidation sites excluding steroid dienone is 1. The quantitative estimate of drug-likeness (QED) is 0.310. The Morgan fingerprint density at radius 1 is 1.04 bits per heavy atom. The lowest BCUT2D eigenvalue weighted by Crippen LogP contribution is -2.03. The van der Waals surface area contributed by atoms with E-state index in [9.17, 15) is 4.79 Å². The summed E-state index contributed by atoms with van der Waals surface area (Å²) in [4.78, 5) is 17.3. The van der Waals surface area contributed by atoms with Crippen LogP contribution in [-0.4, -0.2) is 11.0 Å². The number of carbonyl (C=O) groups excluding carboxylic acids is 1. The molecule has 0 unspecified atom stereocenters. The van der Waals surface area contributed by atoms with Crippen LogP contribution in [0.15, 0.2) is 66.9 Å². The molecule has 0 aliphatic carbocycles. The predicted molar refractivity (Wildman–Crippen MR) is 107 cm³/mol. The third-order valence-electron chi connectivity index (χ3n) is 3.89. The molecule has 4 heteroatoms. The molecule has 3 nitrogen and oxygen atoms in total. The first kappa shape index (κ1) is 18.1. The summed E-state index contributed by atoms with van der Waals surface area (Å²) in [6.45, 7) is 3.96. The van der Waals surface area contributed by atoms with Gasteiger partial charge in [0.25, 0.3) is 0 Å². The van der Waals surface area contributed by atoms with E-state index in [1.54, 1.807) is 24.3 Å². The smallest absolute Gasteiger partial charge is 0.335 e. The molecule has 0 atom stereocenters. The number of rotatable bonds is 6. The second-order valence-corrected chi connectivity index (χ2v) is 7.02. The molecule has 0 amide bonds. The molecule has 3 rings (SSSR count). The van der Waals surface area contributed by atoms with Gasteiger partial charge < -0.3 is 4.74 Å². The summed E-state index contributed by atoms with van der Waals surface area (Å²) in [5.41, 5.74) is 3.33. The highest BCUT2D eigenvalue weighted by molar-refractivity contribution is 7.15. The van der Waals surface area contributed by atoms with Gasteiger partial charge in [0, 0.05) is 22.7 Å². The van der Waals surface area contributed by atoms with E-state index < -0.39 is 0 Å². The number of aryl methyl sites for hydroxylation is 1. The fourth-order valence-electron chi connectivity index (χ4n) is 2.61. The fraction of sp³-hybridized carbons (Fsp3) is 0.182. The van der Waals surface area contributed by atoms with Crippen LogP contribution in [-0.2, 0) is 11.2 Å². The maximum Gasteiger partial charge on any atom is 0.335 e. The average molecular weight is 363 g/mol. The van der Waals surface area contributed by atoms with Crippen LogP contribution in [0.5, 0.6) is 5.75 Å². The molecule has 0 saturated heterocycles. The minimum Gasteiger partial charge on any atom is -0.423 e. The Labute approximate surface area is 158 Å². The maximum atomic E-state index is 11.5. The van der Waals surface area contributed by atoms with Crippen molar-refractivity contribution in [3.05, 3.63) is 71.8 Å². The minimum atomic E-state index is -0.365. The molecule has 0 bridgehead atoms. The van der Waals surface area contributed by atoms with Crippen LogP contribution < -0.4 is 4.74 Å². The van der Waals surface area contributed by atoms with E-state index in [1.807, 2.05) is 30.5 Å². The molecule has 26 heavy (non-hydrogen) atoms. The highest BCUT2D eigenvalue weighted by Gasteiger charge is 2.06. The first-order chi connectivity index (χ1) is 12.7. The van der Waals surface area contributed by atoms with Crippen molar-refractivity contribution in [2.24, 2.45) is 0 Å². The number of benzene rings is 2. The average Bonchev–Trinajstić information content (AvgIpc) is 3.12. The molecule has 0 fully saturated rings. The number of nitrogens with zero attached hydrogens (tertiary/aromatic N) is 1. The maximum absolute atomic E-state index is 11.5. The van der Waals surface area contributed by atoms with Crippen LogP contribution in [0.4, 0.5) is 0 Å². The van der Waals surface area contributed by atoms with Crippen molar-refractivity contribution in [3.8, 4) is 27.4 Å². The van der Waals surface area contributed by atoms with Crippen LogP contribution in [0.25, 0.3) is 21.7 Å². The van der Waals surface area contributed by atoms with Gasteiger partial charge in [0.2, 0.25) is 0 Å². The summed E-state index contributed by atoms with van der Waals surface area (Å²) in [6.07, 6.45) is 7.26. The van der Waals surface area contributed by atoms with Crippen molar-refractivity contribution < 1.29 is 9.53 Å². The fourth-order valence-corrected chi connectivity index (χ4v) is 3.63. The number of carbonyl (C=O) groups is 1. The summed E-state index contributed by atoms with van der Waals surface area (Å²) in [5, 5.41) is 1.06. The molecule has 1 heterocycles. The van der Waals surface area contributed by atoms with Crippen LogP contribution in [0, 0.1) is 0 Å². The first-order valence-corrected chi connectivity index (χ1v) is 9.51. The molecular formula is C22H21NO2S. The number of esters is 1. The first-order valence-electron chi connectivity index (χ1n) is 8.69. The van der Waals surface area contributed by atoms with E-state index in [4.69, 9.17) is 4.74 Å². The van der Waals surface area contributed by atoms with E-state index in [0.29, 0.717) is 5.75 Å². The summed E-state index contributed by atoms with van der Waals surface area (Å²) in [5.74, 6) is 0.176. The van der Waals surface area contributed by atoms with Gasteiger partial charge in [-0.25, -0.2) is 9.78 Å². The summed E-state index contributed by atoms with van der Waals surface area (Å²) < 4.78 is 5.21. The van der Waals surface area contributed by atoms with Gasteiger partial charge in [-0.15, -0.1) is 11.3 Å². The van der Waals surface area contributed by atoms with Crippen molar-refractivity contribution in [1.29, 1.82) is 0 Å². The Hall–Kier alpha value is -2.72. The Balaban J connectivity index is 1.72. The van der Waals surface area contributed by atoms with Crippen molar-refractivity contribution in [1.82, 2.24) is 4.98 Å². The van der Waals surface area contributed by atoms with E-state index in [1.165, 1.54) is 11.0 Å². The molecular weight excluding hydrogens is 342 g/mol. The van der Waals surface area contributed by atoms with Gasteiger partial charge in [0.15, 0.2) is 0 Å². The van der Waals surface area contributed by atoms with Gasteiger partial charge in [-0.3, -0.25) is 0 Å². The zero-order valence-corrected chi connectivity index (χ0v) is 15.8. The summed E-state index contributed by atoms with van der Waals surface area (Å²) >= 11 is 1.76. The lowest BCUT2D eigenvalue weighted by Gasteiger charge is -2.05. The van der Waals surface area contributed by atoms with Gasteiger partial charge in [-0.1, -0.05) is 55.8 Å². The molecule has 3 aromatic rings. The Morgan fingerprint density at radius 3 is 2.27 bits per heavy atom. The third kappa shape index (κ3) is 4.46.